The number of hydrogen-bond donors (Lipinski definition) is 2. The molecule has 0 aliphatic carbocycles. The lowest BCUT2D eigenvalue weighted by molar-refractivity contribution is 0.0915. The van der Waals surface area contributed by atoms with Gasteiger partial charge in [0.1, 0.15) is 10.6 Å². The first-order chi connectivity index (χ1) is 9.74. The highest BCUT2D eigenvalue weighted by Gasteiger charge is 2.24. The highest BCUT2D eigenvalue weighted by molar-refractivity contribution is 7.21. The van der Waals surface area contributed by atoms with Crippen molar-refractivity contribution in [3.05, 3.63) is 23.1 Å². The minimum Gasteiger partial charge on any atom is -0.497 e. The topological polar surface area (TPSA) is 64.3 Å². The average Bonchev–Trinajstić information content (AvgIpc) is 2.74. The second-order valence-corrected chi connectivity index (χ2v) is 7.32. The molecule has 2 aromatic rings. The second kappa shape index (κ2) is 5.56. The van der Waals surface area contributed by atoms with Gasteiger partial charge in [-0.3, -0.25) is 4.79 Å². The van der Waals surface area contributed by atoms with E-state index in [1.54, 1.807) is 7.11 Å². The summed E-state index contributed by atoms with van der Waals surface area (Å²) in [6, 6.07) is 5.71. The van der Waals surface area contributed by atoms with Gasteiger partial charge in [0.15, 0.2) is 0 Å². The van der Waals surface area contributed by atoms with Crippen molar-refractivity contribution in [3.63, 3.8) is 0 Å². The number of nitrogens with one attached hydrogen (secondary N) is 1. The summed E-state index contributed by atoms with van der Waals surface area (Å²) in [5, 5.41) is 3.92. The predicted molar refractivity (Wildman–Crippen MR) is 89.2 cm³/mol. The second-order valence-electron chi connectivity index (χ2n) is 6.27. The van der Waals surface area contributed by atoms with Crippen LogP contribution in [0.4, 0.5) is 5.69 Å². The van der Waals surface area contributed by atoms with E-state index in [-0.39, 0.29) is 17.4 Å². The van der Waals surface area contributed by atoms with E-state index in [0.29, 0.717) is 10.6 Å². The first kappa shape index (κ1) is 15.6. The van der Waals surface area contributed by atoms with Crippen molar-refractivity contribution >= 4 is 33.0 Å². The van der Waals surface area contributed by atoms with Gasteiger partial charge >= 0.3 is 0 Å². The number of nitrogens with two attached hydrogens (primary N) is 1. The Bertz CT molecular complexity index is 671. The Kier molecular flexibility index (Phi) is 4.14. The van der Waals surface area contributed by atoms with Gasteiger partial charge in [-0.2, -0.15) is 0 Å². The molecule has 0 saturated heterocycles. The van der Waals surface area contributed by atoms with Gasteiger partial charge in [-0.15, -0.1) is 11.3 Å². The molecule has 0 bridgehead atoms. The monoisotopic (exact) mass is 306 g/mol. The minimum atomic E-state index is -0.116. The summed E-state index contributed by atoms with van der Waals surface area (Å²) >= 11 is 1.40. The summed E-state index contributed by atoms with van der Waals surface area (Å²) in [7, 11) is 1.62. The van der Waals surface area contributed by atoms with Crippen molar-refractivity contribution in [2.24, 2.45) is 5.41 Å². The third kappa shape index (κ3) is 3.13. The van der Waals surface area contributed by atoms with E-state index in [4.69, 9.17) is 10.5 Å². The number of methoxy groups -OCH3 is 1. The summed E-state index contributed by atoms with van der Waals surface area (Å²) in [6.07, 6.45) is 0. The molecule has 5 heteroatoms. The maximum absolute atomic E-state index is 12.4. The van der Waals surface area contributed by atoms with Gasteiger partial charge in [0.25, 0.3) is 5.91 Å². The van der Waals surface area contributed by atoms with E-state index in [1.807, 2.05) is 25.1 Å². The van der Waals surface area contributed by atoms with Crippen LogP contribution in [0, 0.1) is 5.41 Å². The number of benzene rings is 1. The van der Waals surface area contributed by atoms with Gasteiger partial charge in [0, 0.05) is 16.1 Å². The Balaban J connectivity index is 2.34. The molecule has 3 N–H and O–H groups in total. The highest BCUT2D eigenvalue weighted by atomic mass is 32.1. The number of carbonyl (C=O) groups excluding carboxylic acids is 1. The van der Waals surface area contributed by atoms with E-state index in [1.165, 1.54) is 11.3 Å². The van der Waals surface area contributed by atoms with Crippen LogP contribution in [0.1, 0.15) is 37.4 Å². The Morgan fingerprint density at radius 1 is 1.38 bits per heavy atom. The van der Waals surface area contributed by atoms with Crippen LogP contribution in [0.25, 0.3) is 10.1 Å². The first-order valence-electron chi connectivity index (χ1n) is 6.91. The van der Waals surface area contributed by atoms with Gasteiger partial charge < -0.3 is 15.8 Å². The van der Waals surface area contributed by atoms with Gasteiger partial charge in [-0.1, -0.05) is 20.8 Å². The SMILES string of the molecule is COc1ccc2c(N)c(C(=O)NC(C)C(C)(C)C)sc2c1. The molecule has 0 aliphatic heterocycles. The van der Waals surface area contributed by atoms with E-state index in [0.717, 1.165) is 15.8 Å². The molecule has 1 aromatic heterocycles. The largest absolute Gasteiger partial charge is 0.497 e. The van der Waals surface area contributed by atoms with Gasteiger partial charge in [0.05, 0.1) is 12.8 Å². The van der Waals surface area contributed by atoms with Crippen LogP contribution in [0.2, 0.25) is 0 Å². The zero-order valence-corrected chi connectivity index (χ0v) is 13.9. The number of fused-ring (bicyclic) bond motifs is 1. The Hall–Kier alpha value is -1.75. The normalized spacial score (nSPS) is 13.2. The molecular weight excluding hydrogens is 284 g/mol. The molecule has 1 amide bonds. The zero-order chi connectivity index (χ0) is 15.8. The lowest BCUT2D eigenvalue weighted by Gasteiger charge is -2.27. The van der Waals surface area contributed by atoms with Crippen molar-refractivity contribution in [1.82, 2.24) is 5.32 Å². The van der Waals surface area contributed by atoms with Crippen molar-refractivity contribution in [2.45, 2.75) is 33.7 Å². The molecule has 1 aromatic carbocycles. The van der Waals surface area contributed by atoms with Crippen LogP contribution in [0.15, 0.2) is 18.2 Å². The molecule has 1 heterocycles. The maximum Gasteiger partial charge on any atom is 0.263 e. The van der Waals surface area contributed by atoms with Crippen molar-refractivity contribution in [3.8, 4) is 5.75 Å². The van der Waals surface area contributed by atoms with E-state index in [2.05, 4.69) is 26.1 Å². The quantitative estimate of drug-likeness (QED) is 0.909. The van der Waals surface area contributed by atoms with E-state index < -0.39 is 0 Å². The third-order valence-corrected chi connectivity index (χ3v) is 4.96. The highest BCUT2D eigenvalue weighted by Crippen LogP contribution is 2.36. The molecule has 0 radical (unpaired) electrons. The zero-order valence-electron chi connectivity index (χ0n) is 13.1. The summed E-state index contributed by atoms with van der Waals surface area (Å²) in [5.41, 5.74) is 6.67. The molecule has 0 aliphatic rings. The number of hydrogen-bond acceptors (Lipinski definition) is 4. The minimum absolute atomic E-state index is 0.00429. The van der Waals surface area contributed by atoms with Crippen LogP contribution in [-0.4, -0.2) is 19.1 Å². The van der Waals surface area contributed by atoms with E-state index in [9.17, 15) is 4.79 Å². The lowest BCUT2D eigenvalue weighted by atomic mass is 9.88. The standard InChI is InChI=1S/C16H22N2O2S/c1-9(16(2,3)4)18-15(19)14-13(17)11-7-6-10(20-5)8-12(11)21-14/h6-9H,17H2,1-5H3,(H,18,19). The molecular formula is C16H22N2O2S. The summed E-state index contributed by atoms with van der Waals surface area (Å²) in [6.45, 7) is 8.29. The fourth-order valence-corrected chi connectivity index (χ4v) is 2.93. The summed E-state index contributed by atoms with van der Waals surface area (Å²) in [5.74, 6) is 0.647. The van der Waals surface area contributed by atoms with Crippen molar-refractivity contribution in [1.29, 1.82) is 0 Å². The van der Waals surface area contributed by atoms with Gasteiger partial charge in [-0.05, 0) is 30.5 Å². The smallest absolute Gasteiger partial charge is 0.263 e. The van der Waals surface area contributed by atoms with Crippen LogP contribution in [-0.2, 0) is 0 Å². The third-order valence-electron chi connectivity index (χ3n) is 3.79. The molecule has 4 nitrogen and oxygen atoms in total. The molecule has 0 saturated carbocycles. The Morgan fingerprint density at radius 3 is 2.62 bits per heavy atom. The fraction of sp³-hybridized carbons (Fsp3) is 0.438. The maximum atomic E-state index is 12.4. The predicted octanol–water partition coefficient (Wildman–Crippen LogP) is 3.66. The molecule has 114 valence electrons. The van der Waals surface area contributed by atoms with Crippen LogP contribution in [0.3, 0.4) is 0 Å². The number of thiophene rings is 1. The number of nitrogen functional groups attached to an aromatic ring is 1. The van der Waals surface area contributed by atoms with Crippen LogP contribution >= 0.6 is 11.3 Å². The van der Waals surface area contributed by atoms with Crippen molar-refractivity contribution < 1.29 is 9.53 Å². The summed E-state index contributed by atoms with van der Waals surface area (Å²) in [4.78, 5) is 13.0. The van der Waals surface area contributed by atoms with E-state index >= 15 is 0 Å². The Labute approximate surface area is 129 Å². The number of ether oxygens (including phenoxy) is 1. The average molecular weight is 306 g/mol. The lowest BCUT2D eigenvalue weighted by Crippen LogP contribution is -2.41. The fourth-order valence-electron chi connectivity index (χ4n) is 1.87. The number of amides is 1. The number of rotatable bonds is 3. The molecule has 1 unspecified atom stereocenters. The van der Waals surface area contributed by atoms with Crippen LogP contribution in [0.5, 0.6) is 5.75 Å². The summed E-state index contributed by atoms with van der Waals surface area (Å²) < 4.78 is 6.17. The van der Waals surface area contributed by atoms with Gasteiger partial charge in [-0.25, -0.2) is 0 Å². The molecule has 2 rings (SSSR count). The molecule has 0 fully saturated rings. The van der Waals surface area contributed by atoms with Gasteiger partial charge in [0.2, 0.25) is 0 Å². The number of anilines is 1. The Morgan fingerprint density at radius 2 is 2.05 bits per heavy atom. The van der Waals surface area contributed by atoms with Crippen molar-refractivity contribution in [2.75, 3.05) is 12.8 Å². The molecule has 1 atom stereocenters. The molecule has 21 heavy (non-hydrogen) atoms. The number of carbonyl (C=O) groups is 1. The first-order valence-corrected chi connectivity index (χ1v) is 7.72. The van der Waals surface area contributed by atoms with Crippen LogP contribution < -0.4 is 15.8 Å². The molecule has 0 spiro atoms.